The zero-order valence-electron chi connectivity index (χ0n) is 12.4. The van der Waals surface area contributed by atoms with Gasteiger partial charge in [-0.25, -0.2) is 14.4 Å². The normalized spacial score (nSPS) is 17.4. The van der Waals surface area contributed by atoms with Gasteiger partial charge < -0.3 is 20.1 Å². The summed E-state index contributed by atoms with van der Waals surface area (Å²) in [6, 6.07) is 5.34. The molecule has 1 aromatic rings. The molecule has 0 aliphatic carbocycles. The lowest BCUT2D eigenvalue weighted by Gasteiger charge is -2.28. The molecule has 1 heterocycles. The minimum atomic E-state index is -0.795. The maximum Gasteiger partial charge on any atom is 0.338 e. The molecule has 2 N–H and O–H groups in total. The lowest BCUT2D eigenvalue weighted by Crippen LogP contribution is -2.45. The van der Waals surface area contributed by atoms with Gasteiger partial charge in [-0.15, -0.1) is 0 Å². The van der Waals surface area contributed by atoms with Crippen molar-refractivity contribution < 1.29 is 23.9 Å². The maximum absolute atomic E-state index is 12.0. The molecule has 2 rings (SSSR count). The number of allylic oxidation sites excluding steroid dienone is 1. The average Bonchev–Trinajstić information content (AvgIpc) is 2.52. The molecular formula is C15H16N2O5. The van der Waals surface area contributed by atoms with E-state index >= 15 is 0 Å². The Morgan fingerprint density at radius 1 is 1.09 bits per heavy atom. The molecule has 1 unspecified atom stereocenters. The van der Waals surface area contributed by atoms with Crippen molar-refractivity contribution in [1.29, 1.82) is 0 Å². The van der Waals surface area contributed by atoms with Crippen molar-refractivity contribution in [2.24, 2.45) is 0 Å². The third kappa shape index (κ3) is 2.78. The van der Waals surface area contributed by atoms with Crippen LogP contribution in [0.1, 0.15) is 28.9 Å². The molecule has 1 aliphatic rings. The van der Waals surface area contributed by atoms with Crippen LogP contribution in [-0.4, -0.2) is 32.2 Å². The van der Waals surface area contributed by atoms with Gasteiger partial charge in [0.05, 0.1) is 31.4 Å². The van der Waals surface area contributed by atoms with Gasteiger partial charge in [-0.3, -0.25) is 0 Å². The standard InChI is InChI=1S/C15H16N2O5/c1-8-11(14(19)22-3)12(17-15(20)16-8)9-6-4-5-7-10(9)13(18)21-2/h4-7,12H,1-3H3,(H2,16,17,20). The first-order valence-corrected chi connectivity index (χ1v) is 6.53. The van der Waals surface area contributed by atoms with Crippen LogP contribution in [0.4, 0.5) is 4.79 Å². The highest BCUT2D eigenvalue weighted by Gasteiger charge is 2.34. The number of esters is 2. The van der Waals surface area contributed by atoms with Crippen LogP contribution in [0.3, 0.4) is 0 Å². The lowest BCUT2D eigenvalue weighted by atomic mass is 9.92. The second kappa shape index (κ2) is 6.30. The van der Waals surface area contributed by atoms with Crippen molar-refractivity contribution in [2.45, 2.75) is 13.0 Å². The van der Waals surface area contributed by atoms with E-state index in [1.54, 1.807) is 31.2 Å². The zero-order chi connectivity index (χ0) is 16.3. The highest BCUT2D eigenvalue weighted by molar-refractivity contribution is 5.97. The quantitative estimate of drug-likeness (QED) is 0.820. The molecule has 0 aromatic heterocycles. The van der Waals surface area contributed by atoms with Gasteiger partial charge in [0, 0.05) is 5.70 Å². The van der Waals surface area contributed by atoms with Crippen LogP contribution < -0.4 is 10.6 Å². The third-order valence-corrected chi connectivity index (χ3v) is 3.35. The third-order valence-electron chi connectivity index (χ3n) is 3.35. The Hall–Kier alpha value is -2.83. The summed E-state index contributed by atoms with van der Waals surface area (Å²) in [7, 11) is 2.52. The van der Waals surface area contributed by atoms with Gasteiger partial charge in [0.2, 0.25) is 0 Å². The van der Waals surface area contributed by atoms with Crippen LogP contribution in [0.25, 0.3) is 0 Å². The Labute approximate surface area is 127 Å². The Morgan fingerprint density at radius 3 is 2.36 bits per heavy atom. The summed E-state index contributed by atoms with van der Waals surface area (Å²) in [6.45, 7) is 1.60. The van der Waals surface area contributed by atoms with Crippen LogP contribution in [0, 0.1) is 0 Å². The number of methoxy groups -OCH3 is 2. The fourth-order valence-electron chi connectivity index (χ4n) is 2.35. The molecule has 1 aromatic carbocycles. The van der Waals surface area contributed by atoms with Gasteiger partial charge in [-0.1, -0.05) is 18.2 Å². The molecule has 7 nitrogen and oxygen atoms in total. The highest BCUT2D eigenvalue weighted by Crippen LogP contribution is 2.30. The van der Waals surface area contributed by atoms with Gasteiger partial charge >= 0.3 is 18.0 Å². The molecule has 0 spiro atoms. The highest BCUT2D eigenvalue weighted by atomic mass is 16.5. The van der Waals surface area contributed by atoms with E-state index in [0.717, 1.165) is 0 Å². The first-order chi connectivity index (χ1) is 10.5. The van der Waals surface area contributed by atoms with Crippen molar-refractivity contribution in [2.75, 3.05) is 14.2 Å². The van der Waals surface area contributed by atoms with Gasteiger partial charge in [-0.05, 0) is 18.6 Å². The molecule has 7 heteroatoms. The van der Waals surface area contributed by atoms with Crippen LogP contribution in [0.2, 0.25) is 0 Å². The summed E-state index contributed by atoms with van der Waals surface area (Å²) >= 11 is 0. The Bertz CT molecular complexity index is 666. The lowest BCUT2D eigenvalue weighted by molar-refractivity contribution is -0.136. The number of hydrogen-bond acceptors (Lipinski definition) is 5. The fourth-order valence-corrected chi connectivity index (χ4v) is 2.35. The molecule has 0 radical (unpaired) electrons. The van der Waals surface area contributed by atoms with Crippen LogP contribution in [0.5, 0.6) is 0 Å². The molecule has 1 atom stereocenters. The molecule has 0 saturated heterocycles. The summed E-state index contributed by atoms with van der Waals surface area (Å²) in [4.78, 5) is 35.7. The summed E-state index contributed by atoms with van der Waals surface area (Å²) in [5.74, 6) is -1.14. The number of carbonyl (C=O) groups is 3. The van der Waals surface area contributed by atoms with E-state index in [1.165, 1.54) is 14.2 Å². The number of ether oxygens (including phenoxy) is 2. The summed E-state index contributed by atoms with van der Waals surface area (Å²) in [5, 5.41) is 5.15. The molecule has 0 fully saturated rings. The minimum Gasteiger partial charge on any atom is -0.466 e. The number of amides is 2. The average molecular weight is 304 g/mol. The number of nitrogens with one attached hydrogen (secondary N) is 2. The van der Waals surface area contributed by atoms with Crippen molar-refractivity contribution in [3.63, 3.8) is 0 Å². The van der Waals surface area contributed by atoms with Crippen LogP contribution in [-0.2, 0) is 14.3 Å². The topological polar surface area (TPSA) is 93.7 Å². The molecule has 22 heavy (non-hydrogen) atoms. The second-order valence-corrected chi connectivity index (χ2v) is 4.64. The smallest absolute Gasteiger partial charge is 0.338 e. The monoisotopic (exact) mass is 304 g/mol. The van der Waals surface area contributed by atoms with E-state index in [-0.39, 0.29) is 11.1 Å². The van der Waals surface area contributed by atoms with E-state index in [1.807, 2.05) is 0 Å². The number of hydrogen-bond donors (Lipinski definition) is 2. The SMILES string of the molecule is COC(=O)C1=C(C)NC(=O)NC1c1ccccc1C(=O)OC. The van der Waals surface area contributed by atoms with Crippen molar-refractivity contribution in [1.82, 2.24) is 10.6 Å². The predicted molar refractivity (Wildman–Crippen MR) is 76.9 cm³/mol. The first-order valence-electron chi connectivity index (χ1n) is 6.53. The van der Waals surface area contributed by atoms with Crippen LogP contribution in [0.15, 0.2) is 35.5 Å². The van der Waals surface area contributed by atoms with Gasteiger partial charge in [-0.2, -0.15) is 0 Å². The van der Waals surface area contributed by atoms with Gasteiger partial charge in [0.25, 0.3) is 0 Å². The summed E-state index contributed by atoms with van der Waals surface area (Å²) in [5.41, 5.74) is 1.34. The van der Waals surface area contributed by atoms with E-state index in [9.17, 15) is 14.4 Å². The van der Waals surface area contributed by atoms with E-state index in [0.29, 0.717) is 11.3 Å². The first kappa shape index (κ1) is 15.6. The van der Waals surface area contributed by atoms with Crippen molar-refractivity contribution in [3.8, 4) is 0 Å². The molecule has 0 saturated carbocycles. The summed E-state index contributed by atoms with van der Waals surface area (Å²) < 4.78 is 9.51. The Kier molecular flexibility index (Phi) is 4.45. The van der Waals surface area contributed by atoms with E-state index in [4.69, 9.17) is 9.47 Å². The maximum atomic E-state index is 12.0. The van der Waals surface area contributed by atoms with Gasteiger partial charge in [0.1, 0.15) is 0 Å². The fraction of sp³-hybridized carbons (Fsp3) is 0.267. The zero-order valence-corrected chi connectivity index (χ0v) is 12.4. The predicted octanol–water partition coefficient (Wildman–Crippen LogP) is 1.27. The molecular weight excluding hydrogens is 288 g/mol. The van der Waals surface area contributed by atoms with Crippen molar-refractivity contribution >= 4 is 18.0 Å². The largest absolute Gasteiger partial charge is 0.466 e. The molecule has 0 bridgehead atoms. The van der Waals surface area contributed by atoms with E-state index in [2.05, 4.69) is 10.6 Å². The molecule has 1 aliphatic heterocycles. The number of urea groups is 1. The Morgan fingerprint density at radius 2 is 1.73 bits per heavy atom. The van der Waals surface area contributed by atoms with Crippen LogP contribution >= 0.6 is 0 Å². The molecule has 2 amide bonds. The Balaban J connectivity index is 2.58. The number of benzene rings is 1. The van der Waals surface area contributed by atoms with E-state index < -0.39 is 24.0 Å². The van der Waals surface area contributed by atoms with Crippen molar-refractivity contribution in [3.05, 3.63) is 46.7 Å². The molecule has 116 valence electrons. The minimum absolute atomic E-state index is 0.235. The summed E-state index contributed by atoms with van der Waals surface area (Å²) in [6.07, 6.45) is 0. The number of rotatable bonds is 3. The number of carbonyl (C=O) groups excluding carboxylic acids is 3. The van der Waals surface area contributed by atoms with Gasteiger partial charge in [0.15, 0.2) is 0 Å². The second-order valence-electron chi connectivity index (χ2n) is 4.64.